The molecule has 13 heteroatoms. The molecule has 3 heterocycles. The first-order valence-electron chi connectivity index (χ1n) is 12.5. The number of halogens is 2. The van der Waals surface area contributed by atoms with Gasteiger partial charge in [-0.15, -0.1) is 11.3 Å². The van der Waals surface area contributed by atoms with Gasteiger partial charge < -0.3 is 10.5 Å². The average molecular weight is 603 g/mol. The fourth-order valence-corrected chi connectivity index (χ4v) is 6.86. The van der Waals surface area contributed by atoms with Gasteiger partial charge in [0.2, 0.25) is 16.4 Å². The number of aromatic nitrogens is 2. The Bertz CT molecular complexity index is 1630. The van der Waals surface area contributed by atoms with Crippen LogP contribution in [-0.4, -0.2) is 61.0 Å². The summed E-state index contributed by atoms with van der Waals surface area (Å²) in [4.78, 5) is 9.63. The summed E-state index contributed by atoms with van der Waals surface area (Å²) in [6.45, 7) is 0.551. The Hall–Kier alpha value is -3.29. The molecule has 0 bridgehead atoms. The van der Waals surface area contributed by atoms with Crippen LogP contribution in [0.3, 0.4) is 0 Å². The Kier molecular flexibility index (Phi) is 8.52. The van der Waals surface area contributed by atoms with E-state index in [-0.39, 0.29) is 24.0 Å². The second kappa shape index (κ2) is 12.1. The van der Waals surface area contributed by atoms with Gasteiger partial charge >= 0.3 is 0 Å². The molecule has 0 radical (unpaired) electrons. The number of aliphatic imine (C=N–C) groups is 1. The lowest BCUT2D eigenvalue weighted by atomic mass is 10.1. The Balaban J connectivity index is 1.21. The Morgan fingerprint density at radius 3 is 2.60 bits per heavy atom. The highest BCUT2D eigenvalue weighted by Gasteiger charge is 2.30. The number of alkyl halides is 1. The lowest BCUT2D eigenvalue weighted by Gasteiger charge is -2.31. The van der Waals surface area contributed by atoms with E-state index in [1.807, 2.05) is 40.2 Å². The second-order valence-corrected chi connectivity index (χ2v) is 12.4. The van der Waals surface area contributed by atoms with Crippen LogP contribution < -0.4 is 15.8 Å². The van der Waals surface area contributed by atoms with Crippen LogP contribution in [0.15, 0.2) is 76.1 Å². The fourth-order valence-electron chi connectivity index (χ4n) is 4.55. The van der Waals surface area contributed by atoms with E-state index >= 15 is 0 Å². The minimum atomic E-state index is -3.63. The summed E-state index contributed by atoms with van der Waals surface area (Å²) >= 11 is 7.36. The number of methoxy groups -OCH3 is 1. The molecule has 1 aliphatic heterocycles. The highest BCUT2D eigenvalue weighted by Crippen LogP contribution is 2.31. The molecule has 3 N–H and O–H groups in total. The van der Waals surface area contributed by atoms with Gasteiger partial charge in [-0.25, -0.2) is 22.8 Å². The predicted octanol–water partition coefficient (Wildman–Crippen LogP) is 4.79. The molecule has 0 spiro atoms. The van der Waals surface area contributed by atoms with Gasteiger partial charge in [0.05, 0.1) is 29.1 Å². The third kappa shape index (κ3) is 6.06. The van der Waals surface area contributed by atoms with Crippen LogP contribution in [0.1, 0.15) is 18.5 Å². The molecular formula is C27H28ClFN6O3S2. The van der Waals surface area contributed by atoms with Gasteiger partial charge in [-0.05, 0) is 67.4 Å². The van der Waals surface area contributed by atoms with Gasteiger partial charge in [0.15, 0.2) is 4.96 Å². The molecule has 0 aliphatic carbocycles. The number of nitrogens with zero attached hydrogens (tertiary/aromatic N) is 4. The van der Waals surface area contributed by atoms with Crippen molar-refractivity contribution in [3.8, 4) is 17.0 Å². The van der Waals surface area contributed by atoms with Crippen molar-refractivity contribution in [3.05, 3.63) is 76.9 Å². The molecule has 5 rings (SSSR count). The van der Waals surface area contributed by atoms with E-state index in [2.05, 4.69) is 10.3 Å². The van der Waals surface area contributed by atoms with E-state index in [0.717, 1.165) is 16.3 Å². The van der Waals surface area contributed by atoms with E-state index in [9.17, 15) is 12.8 Å². The Labute approximate surface area is 240 Å². The van der Waals surface area contributed by atoms with E-state index in [4.69, 9.17) is 27.1 Å². The molecule has 1 atom stereocenters. The molecule has 1 unspecified atom stereocenters. The number of hydrogen-bond acceptors (Lipinski definition) is 8. The molecule has 1 saturated heterocycles. The number of rotatable bonds is 9. The maximum Gasteiger partial charge on any atom is 0.244 e. The van der Waals surface area contributed by atoms with Crippen LogP contribution >= 0.6 is 22.9 Å². The molecule has 0 saturated carbocycles. The molecular weight excluding hydrogens is 575 g/mol. The number of allylic oxidation sites excluding steroid dienone is 1. The lowest BCUT2D eigenvalue weighted by molar-refractivity contribution is 0.210. The first-order chi connectivity index (χ1) is 19.3. The SMILES string of the molecule is COc1ccc(-c2nc3sccn3c2/C(N)=C/C=NC(F)NC2CCN(S(=O)(=O)c3ccc(Cl)cc3)CC2)cc1. The van der Waals surface area contributed by atoms with Gasteiger partial charge in [-0.1, -0.05) is 11.6 Å². The number of nitrogens with one attached hydrogen (secondary N) is 1. The Morgan fingerprint density at radius 1 is 1.23 bits per heavy atom. The van der Waals surface area contributed by atoms with Crippen LogP contribution in [0.4, 0.5) is 4.39 Å². The average Bonchev–Trinajstić information content (AvgIpc) is 3.55. The summed E-state index contributed by atoms with van der Waals surface area (Å²) in [6.07, 6.45) is 4.00. The van der Waals surface area contributed by atoms with Crippen LogP contribution in [0.2, 0.25) is 5.02 Å². The van der Waals surface area contributed by atoms with E-state index in [1.165, 1.54) is 34.0 Å². The summed E-state index contributed by atoms with van der Waals surface area (Å²) in [5.74, 6) is 0.734. The minimum absolute atomic E-state index is 0.189. The number of piperidine rings is 1. The number of nitrogens with two attached hydrogens (primary N) is 1. The number of hydrogen-bond donors (Lipinski definition) is 2. The second-order valence-electron chi connectivity index (χ2n) is 9.15. The molecule has 2 aromatic carbocycles. The normalized spacial score (nSPS) is 16.6. The maximum atomic E-state index is 14.7. The first-order valence-corrected chi connectivity index (χ1v) is 15.2. The number of ether oxygens (including phenoxy) is 1. The summed E-state index contributed by atoms with van der Waals surface area (Å²) < 4.78 is 49.0. The van der Waals surface area contributed by atoms with Crippen molar-refractivity contribution in [1.29, 1.82) is 0 Å². The van der Waals surface area contributed by atoms with Crippen molar-refractivity contribution >= 4 is 49.8 Å². The van der Waals surface area contributed by atoms with Gasteiger partial charge in [-0.3, -0.25) is 9.72 Å². The summed E-state index contributed by atoms with van der Waals surface area (Å²) in [5.41, 5.74) is 9.06. The van der Waals surface area contributed by atoms with Crippen LogP contribution in [0.5, 0.6) is 5.75 Å². The Morgan fingerprint density at radius 2 is 1.93 bits per heavy atom. The predicted molar refractivity (Wildman–Crippen MR) is 157 cm³/mol. The lowest BCUT2D eigenvalue weighted by Crippen LogP contribution is -2.46. The zero-order valence-corrected chi connectivity index (χ0v) is 24.0. The summed E-state index contributed by atoms with van der Waals surface area (Å²) in [6, 6.07) is 13.4. The van der Waals surface area contributed by atoms with Crippen molar-refractivity contribution in [3.63, 3.8) is 0 Å². The molecule has 2 aromatic heterocycles. The number of imidazole rings is 1. The van der Waals surface area contributed by atoms with Crippen molar-refractivity contribution in [2.45, 2.75) is 30.2 Å². The van der Waals surface area contributed by atoms with E-state index < -0.39 is 16.4 Å². The smallest absolute Gasteiger partial charge is 0.244 e. The van der Waals surface area contributed by atoms with E-state index in [0.29, 0.717) is 34.9 Å². The van der Waals surface area contributed by atoms with Crippen molar-refractivity contribution < 1.29 is 17.5 Å². The number of thiazole rings is 1. The third-order valence-electron chi connectivity index (χ3n) is 6.65. The van der Waals surface area contributed by atoms with Crippen LogP contribution in [0.25, 0.3) is 21.9 Å². The molecule has 40 heavy (non-hydrogen) atoms. The summed E-state index contributed by atoms with van der Waals surface area (Å²) in [5, 5.41) is 5.20. The third-order valence-corrected chi connectivity index (χ3v) is 9.57. The molecule has 1 aliphatic rings. The zero-order valence-electron chi connectivity index (χ0n) is 21.6. The van der Waals surface area contributed by atoms with E-state index in [1.54, 1.807) is 25.3 Å². The number of sulfonamides is 1. The van der Waals surface area contributed by atoms with Crippen LogP contribution in [-0.2, 0) is 10.0 Å². The van der Waals surface area contributed by atoms with Gasteiger partial charge in [0.25, 0.3) is 0 Å². The largest absolute Gasteiger partial charge is 0.497 e. The van der Waals surface area contributed by atoms with Gasteiger partial charge in [0.1, 0.15) is 5.75 Å². The van der Waals surface area contributed by atoms with Crippen molar-refractivity contribution in [1.82, 2.24) is 19.0 Å². The number of benzene rings is 2. The standard InChI is InChI=1S/C27H28ClFN6O3S2/c1-38-21-6-2-18(3-7-21)24-25(35-16-17-39-27(35)33-24)23(30)10-13-31-26(29)32-20-11-14-34(15-12-20)40(36,37)22-8-4-19(28)5-9-22/h2-10,13,16-17,20,26,32H,11-12,14-15,30H2,1H3/b23-10-,31-13?. The zero-order chi connectivity index (χ0) is 28.3. The fraction of sp³-hybridized carbons (Fsp3) is 0.259. The van der Waals surface area contributed by atoms with Crippen LogP contribution in [0, 0.1) is 0 Å². The number of fused-ring (bicyclic) bond motifs is 1. The first kappa shape index (κ1) is 28.2. The van der Waals surface area contributed by atoms with Crippen molar-refractivity contribution in [2.24, 2.45) is 10.7 Å². The van der Waals surface area contributed by atoms with Gasteiger partial charge in [0, 0.05) is 47.5 Å². The van der Waals surface area contributed by atoms with Gasteiger partial charge in [-0.2, -0.15) is 4.31 Å². The molecule has 0 amide bonds. The summed E-state index contributed by atoms with van der Waals surface area (Å²) in [7, 11) is -2.02. The monoisotopic (exact) mass is 602 g/mol. The molecule has 210 valence electrons. The minimum Gasteiger partial charge on any atom is -0.497 e. The topological polar surface area (TPSA) is 114 Å². The van der Waals surface area contributed by atoms with Crippen molar-refractivity contribution in [2.75, 3.05) is 20.2 Å². The molecule has 1 fully saturated rings. The maximum absolute atomic E-state index is 14.7. The highest BCUT2D eigenvalue weighted by atomic mass is 35.5. The molecule has 4 aromatic rings. The quantitative estimate of drug-likeness (QED) is 0.210. The molecule has 9 nitrogen and oxygen atoms in total. The highest BCUT2D eigenvalue weighted by molar-refractivity contribution is 7.89.